The summed E-state index contributed by atoms with van der Waals surface area (Å²) in [5.41, 5.74) is 0.113. The first-order valence-corrected chi connectivity index (χ1v) is 6.47. The largest absolute Gasteiger partial charge is 0.493 e. The lowest BCUT2D eigenvalue weighted by Crippen LogP contribution is -2.12. The minimum atomic E-state index is -0.708. The SMILES string of the molecule is CCOC(=O)c1nn[nH]c1C(=O)c1ccc(OC)c(OC)c1. The van der Waals surface area contributed by atoms with Crippen LogP contribution in [0.1, 0.15) is 33.5 Å². The predicted molar refractivity (Wildman–Crippen MR) is 75.3 cm³/mol. The molecule has 2 aromatic rings. The molecule has 0 atom stereocenters. The molecular formula is C14H15N3O5. The van der Waals surface area contributed by atoms with Gasteiger partial charge in [0.1, 0.15) is 5.69 Å². The summed E-state index contributed by atoms with van der Waals surface area (Å²) in [5, 5.41) is 9.52. The molecule has 1 N–H and O–H groups in total. The van der Waals surface area contributed by atoms with Crippen LogP contribution in [0.5, 0.6) is 11.5 Å². The van der Waals surface area contributed by atoms with Crippen LogP contribution in [0.4, 0.5) is 0 Å². The fourth-order valence-corrected chi connectivity index (χ4v) is 1.85. The topological polar surface area (TPSA) is 103 Å². The first-order valence-electron chi connectivity index (χ1n) is 6.47. The van der Waals surface area contributed by atoms with Crippen molar-refractivity contribution in [2.45, 2.75) is 6.92 Å². The zero-order valence-electron chi connectivity index (χ0n) is 12.4. The first kappa shape index (κ1) is 15.5. The van der Waals surface area contributed by atoms with E-state index in [0.717, 1.165) is 0 Å². The van der Waals surface area contributed by atoms with Gasteiger partial charge in [-0.1, -0.05) is 5.21 Å². The Morgan fingerprint density at radius 2 is 1.91 bits per heavy atom. The average molecular weight is 305 g/mol. The Kier molecular flexibility index (Phi) is 4.72. The van der Waals surface area contributed by atoms with E-state index in [1.807, 2.05) is 0 Å². The molecule has 8 nitrogen and oxygen atoms in total. The highest BCUT2D eigenvalue weighted by Gasteiger charge is 2.24. The number of rotatable bonds is 6. The summed E-state index contributed by atoms with van der Waals surface area (Å²) in [6, 6.07) is 4.66. The van der Waals surface area contributed by atoms with E-state index in [-0.39, 0.29) is 18.0 Å². The third-order valence-electron chi connectivity index (χ3n) is 2.89. The molecule has 0 bridgehead atoms. The van der Waals surface area contributed by atoms with E-state index in [1.54, 1.807) is 19.1 Å². The van der Waals surface area contributed by atoms with Crippen molar-refractivity contribution >= 4 is 11.8 Å². The second-order valence-electron chi connectivity index (χ2n) is 4.15. The number of nitrogens with zero attached hydrogens (tertiary/aromatic N) is 2. The number of benzene rings is 1. The summed E-state index contributed by atoms with van der Waals surface area (Å²) in [6.45, 7) is 1.84. The number of esters is 1. The van der Waals surface area contributed by atoms with Crippen LogP contribution in [0, 0.1) is 0 Å². The van der Waals surface area contributed by atoms with E-state index in [2.05, 4.69) is 15.4 Å². The van der Waals surface area contributed by atoms with Crippen molar-refractivity contribution in [2.75, 3.05) is 20.8 Å². The van der Waals surface area contributed by atoms with Gasteiger partial charge in [-0.25, -0.2) is 4.79 Å². The molecule has 0 unspecified atom stereocenters. The Morgan fingerprint density at radius 3 is 2.55 bits per heavy atom. The van der Waals surface area contributed by atoms with Gasteiger partial charge in [0, 0.05) is 5.56 Å². The summed E-state index contributed by atoms with van der Waals surface area (Å²) in [4.78, 5) is 24.2. The van der Waals surface area contributed by atoms with Crippen molar-refractivity contribution in [3.8, 4) is 11.5 Å². The molecule has 0 aliphatic rings. The molecule has 1 aromatic heterocycles. The van der Waals surface area contributed by atoms with E-state index < -0.39 is 11.8 Å². The van der Waals surface area contributed by atoms with Crippen LogP contribution in [0.25, 0.3) is 0 Å². The fourth-order valence-electron chi connectivity index (χ4n) is 1.85. The van der Waals surface area contributed by atoms with Gasteiger partial charge in [0.15, 0.2) is 11.5 Å². The summed E-state index contributed by atoms with van der Waals surface area (Å²) in [5.74, 6) is -0.264. The lowest BCUT2D eigenvalue weighted by Gasteiger charge is -2.08. The van der Waals surface area contributed by atoms with Gasteiger partial charge in [0.05, 0.1) is 20.8 Å². The van der Waals surface area contributed by atoms with Gasteiger partial charge in [-0.05, 0) is 25.1 Å². The Hall–Kier alpha value is -2.90. The van der Waals surface area contributed by atoms with Crippen LogP contribution in [-0.4, -0.2) is 48.0 Å². The third-order valence-corrected chi connectivity index (χ3v) is 2.89. The summed E-state index contributed by atoms with van der Waals surface area (Å²) in [7, 11) is 2.96. The number of hydrogen-bond acceptors (Lipinski definition) is 7. The zero-order valence-corrected chi connectivity index (χ0v) is 12.4. The number of hydrogen-bond donors (Lipinski definition) is 1. The lowest BCUT2D eigenvalue weighted by atomic mass is 10.1. The van der Waals surface area contributed by atoms with Crippen molar-refractivity contribution in [2.24, 2.45) is 0 Å². The summed E-state index contributed by atoms with van der Waals surface area (Å²) in [6.07, 6.45) is 0. The Labute approximate surface area is 126 Å². The highest BCUT2D eigenvalue weighted by molar-refractivity contribution is 6.12. The summed E-state index contributed by atoms with van der Waals surface area (Å²) < 4.78 is 15.1. The maximum absolute atomic E-state index is 12.5. The van der Waals surface area contributed by atoms with Crippen LogP contribution in [0.3, 0.4) is 0 Å². The van der Waals surface area contributed by atoms with Gasteiger partial charge >= 0.3 is 5.97 Å². The normalized spacial score (nSPS) is 10.1. The van der Waals surface area contributed by atoms with E-state index in [1.165, 1.54) is 20.3 Å². The van der Waals surface area contributed by atoms with Gasteiger partial charge in [-0.15, -0.1) is 5.10 Å². The monoisotopic (exact) mass is 305 g/mol. The summed E-state index contributed by atoms with van der Waals surface area (Å²) >= 11 is 0. The smallest absolute Gasteiger partial charge is 0.361 e. The fraction of sp³-hybridized carbons (Fsp3) is 0.286. The molecule has 0 aliphatic carbocycles. The van der Waals surface area contributed by atoms with Crippen LogP contribution in [0.2, 0.25) is 0 Å². The predicted octanol–water partition coefficient (Wildman–Crippen LogP) is 1.23. The lowest BCUT2D eigenvalue weighted by molar-refractivity contribution is 0.0516. The highest BCUT2D eigenvalue weighted by Crippen LogP contribution is 2.28. The second-order valence-corrected chi connectivity index (χ2v) is 4.15. The van der Waals surface area contributed by atoms with Gasteiger partial charge in [0.25, 0.3) is 0 Å². The van der Waals surface area contributed by atoms with E-state index >= 15 is 0 Å². The molecule has 2 rings (SSSR count). The molecule has 8 heteroatoms. The number of ether oxygens (including phenoxy) is 3. The molecule has 1 heterocycles. The Morgan fingerprint density at radius 1 is 1.18 bits per heavy atom. The molecular weight excluding hydrogens is 290 g/mol. The number of nitrogens with one attached hydrogen (secondary N) is 1. The zero-order chi connectivity index (χ0) is 16.1. The number of ketones is 1. The molecule has 0 amide bonds. The van der Waals surface area contributed by atoms with Crippen molar-refractivity contribution in [1.29, 1.82) is 0 Å². The highest BCUT2D eigenvalue weighted by atomic mass is 16.5. The molecule has 1 aromatic carbocycles. The first-order chi connectivity index (χ1) is 10.6. The molecule has 116 valence electrons. The molecule has 0 fully saturated rings. The molecule has 0 aliphatic heterocycles. The number of H-pyrrole nitrogens is 1. The van der Waals surface area contributed by atoms with Crippen LogP contribution in [0.15, 0.2) is 18.2 Å². The Balaban J connectivity index is 2.37. The van der Waals surface area contributed by atoms with Crippen molar-refractivity contribution in [1.82, 2.24) is 15.4 Å². The van der Waals surface area contributed by atoms with Gasteiger partial charge < -0.3 is 14.2 Å². The van der Waals surface area contributed by atoms with Gasteiger partial charge in [-0.2, -0.15) is 0 Å². The van der Waals surface area contributed by atoms with Gasteiger partial charge in [-0.3, -0.25) is 9.89 Å². The van der Waals surface area contributed by atoms with Crippen molar-refractivity contribution in [3.63, 3.8) is 0 Å². The van der Waals surface area contributed by atoms with E-state index in [0.29, 0.717) is 17.1 Å². The average Bonchev–Trinajstić information content (AvgIpc) is 3.03. The minimum Gasteiger partial charge on any atom is -0.493 e. The van der Waals surface area contributed by atoms with Crippen LogP contribution < -0.4 is 9.47 Å². The van der Waals surface area contributed by atoms with E-state index in [9.17, 15) is 9.59 Å². The van der Waals surface area contributed by atoms with Crippen LogP contribution in [-0.2, 0) is 4.74 Å². The second kappa shape index (κ2) is 6.70. The number of carbonyl (C=O) groups is 2. The maximum Gasteiger partial charge on any atom is 0.361 e. The number of aromatic nitrogens is 3. The van der Waals surface area contributed by atoms with Crippen LogP contribution >= 0.6 is 0 Å². The molecule has 22 heavy (non-hydrogen) atoms. The third kappa shape index (κ3) is 2.90. The van der Waals surface area contributed by atoms with Crippen molar-refractivity contribution < 1.29 is 23.8 Å². The number of methoxy groups -OCH3 is 2. The molecule has 0 saturated heterocycles. The molecule has 0 spiro atoms. The molecule has 0 radical (unpaired) electrons. The standard InChI is InChI=1S/C14H15N3O5/c1-4-22-14(19)12-11(15-17-16-12)13(18)8-5-6-9(20-2)10(7-8)21-3/h5-7H,4H2,1-3H3,(H,15,16,17). The van der Waals surface area contributed by atoms with E-state index in [4.69, 9.17) is 14.2 Å². The van der Waals surface area contributed by atoms with Crippen molar-refractivity contribution in [3.05, 3.63) is 35.2 Å². The number of carbonyl (C=O) groups excluding carboxylic acids is 2. The maximum atomic E-state index is 12.5. The molecule has 0 saturated carbocycles. The minimum absolute atomic E-state index is 0.0364. The Bertz CT molecular complexity index is 696. The quantitative estimate of drug-likeness (QED) is 0.632. The van der Waals surface area contributed by atoms with Gasteiger partial charge in [0.2, 0.25) is 11.5 Å². The number of aromatic amines is 1.